The second-order valence-electron chi connectivity index (χ2n) is 5.94. The van der Waals surface area contributed by atoms with E-state index in [9.17, 15) is 4.79 Å². The second kappa shape index (κ2) is 6.71. The maximum absolute atomic E-state index is 12.9. The number of hydrogen-bond donors (Lipinski definition) is 1. The fraction of sp³-hybridized carbons (Fsp3) is 0.200. The Hall–Kier alpha value is -2.88. The molecule has 0 aliphatic rings. The maximum atomic E-state index is 12.9. The lowest BCUT2D eigenvalue weighted by Gasteiger charge is -2.15. The topological polar surface area (TPSA) is 51.2 Å². The van der Waals surface area contributed by atoms with Gasteiger partial charge in [0.15, 0.2) is 0 Å². The van der Waals surface area contributed by atoms with E-state index in [0.29, 0.717) is 17.0 Å². The summed E-state index contributed by atoms with van der Waals surface area (Å²) in [5.74, 6) is 0.749. The molecule has 3 aromatic rings. The van der Waals surface area contributed by atoms with Gasteiger partial charge in [-0.3, -0.25) is 9.78 Å². The van der Waals surface area contributed by atoms with Crippen LogP contribution in [-0.2, 0) is 0 Å². The van der Waals surface area contributed by atoms with Crippen LogP contribution >= 0.6 is 0 Å². The first-order valence-corrected chi connectivity index (χ1v) is 7.93. The molecule has 0 saturated heterocycles. The van der Waals surface area contributed by atoms with Crippen molar-refractivity contribution < 1.29 is 9.53 Å². The number of fused-ring (bicyclic) bond motifs is 1. The molecule has 0 radical (unpaired) electrons. The smallest absolute Gasteiger partial charge is 0.256 e. The molecule has 4 nitrogen and oxygen atoms in total. The van der Waals surface area contributed by atoms with E-state index in [2.05, 4.69) is 24.1 Å². The zero-order valence-corrected chi connectivity index (χ0v) is 14.0. The predicted octanol–water partition coefficient (Wildman–Crippen LogP) is 4.62. The highest BCUT2D eigenvalue weighted by molar-refractivity contribution is 6.09. The Kier molecular flexibility index (Phi) is 4.47. The van der Waals surface area contributed by atoms with Gasteiger partial charge in [-0.1, -0.05) is 38.1 Å². The summed E-state index contributed by atoms with van der Waals surface area (Å²) >= 11 is 0. The van der Waals surface area contributed by atoms with E-state index in [1.165, 1.54) is 0 Å². The zero-order chi connectivity index (χ0) is 17.1. The van der Waals surface area contributed by atoms with Crippen LogP contribution in [0.3, 0.4) is 0 Å². The van der Waals surface area contributed by atoms with E-state index in [1.807, 2.05) is 42.5 Å². The van der Waals surface area contributed by atoms with Crippen molar-refractivity contribution in [1.82, 2.24) is 4.98 Å². The number of pyridine rings is 1. The van der Waals surface area contributed by atoms with Gasteiger partial charge in [0.25, 0.3) is 5.91 Å². The first-order valence-electron chi connectivity index (χ1n) is 7.93. The fourth-order valence-corrected chi connectivity index (χ4v) is 2.76. The van der Waals surface area contributed by atoms with Crippen LogP contribution in [0.1, 0.15) is 35.7 Å². The molecule has 0 unspecified atom stereocenters. The predicted molar refractivity (Wildman–Crippen MR) is 96.8 cm³/mol. The summed E-state index contributed by atoms with van der Waals surface area (Å²) < 4.78 is 5.27. The molecule has 1 heterocycles. The Balaban J connectivity index is 2.00. The summed E-state index contributed by atoms with van der Waals surface area (Å²) in [5.41, 5.74) is 3.09. The molecule has 0 saturated carbocycles. The molecule has 3 rings (SSSR count). The van der Waals surface area contributed by atoms with Crippen LogP contribution in [0.25, 0.3) is 10.9 Å². The number of carbonyl (C=O) groups is 1. The number of nitrogens with zero attached hydrogens (tertiary/aromatic N) is 1. The van der Waals surface area contributed by atoms with Gasteiger partial charge in [-0.2, -0.15) is 0 Å². The molecule has 0 aliphatic carbocycles. The Morgan fingerprint density at radius 2 is 1.92 bits per heavy atom. The summed E-state index contributed by atoms with van der Waals surface area (Å²) in [6.45, 7) is 4.14. The number of anilines is 1. The van der Waals surface area contributed by atoms with Gasteiger partial charge >= 0.3 is 0 Å². The van der Waals surface area contributed by atoms with E-state index in [1.54, 1.807) is 19.4 Å². The first-order chi connectivity index (χ1) is 11.6. The molecular formula is C20H20N2O2. The number of hydrogen-bond acceptors (Lipinski definition) is 3. The Morgan fingerprint density at radius 3 is 2.67 bits per heavy atom. The summed E-state index contributed by atoms with van der Waals surface area (Å²) in [5, 5.41) is 3.98. The van der Waals surface area contributed by atoms with Crippen LogP contribution < -0.4 is 10.1 Å². The standard InChI is InChI=1S/C20H20N2O2/c1-13(2)16-10-9-15(24-3)12-17(16)20(23)22-18-8-4-6-14-7-5-11-21-19(14)18/h4-13H,1-3H3,(H,22,23). The number of para-hydroxylation sites is 1. The number of amides is 1. The number of rotatable bonds is 4. The summed E-state index contributed by atoms with van der Waals surface area (Å²) in [6.07, 6.45) is 1.73. The van der Waals surface area contributed by atoms with Gasteiger partial charge in [-0.15, -0.1) is 0 Å². The second-order valence-corrected chi connectivity index (χ2v) is 5.94. The maximum Gasteiger partial charge on any atom is 0.256 e. The number of methoxy groups -OCH3 is 1. The average molecular weight is 320 g/mol. The molecule has 24 heavy (non-hydrogen) atoms. The molecule has 2 aromatic carbocycles. The zero-order valence-electron chi connectivity index (χ0n) is 14.0. The molecule has 0 fully saturated rings. The van der Waals surface area contributed by atoms with Gasteiger partial charge in [0.1, 0.15) is 5.75 Å². The third kappa shape index (κ3) is 3.08. The van der Waals surface area contributed by atoms with Crippen molar-refractivity contribution in [3.05, 3.63) is 65.9 Å². The molecule has 1 aromatic heterocycles. The van der Waals surface area contributed by atoms with Crippen molar-refractivity contribution in [3.8, 4) is 5.75 Å². The quantitative estimate of drug-likeness (QED) is 0.763. The summed E-state index contributed by atoms with van der Waals surface area (Å²) in [7, 11) is 1.60. The molecule has 0 spiro atoms. The van der Waals surface area contributed by atoms with Crippen molar-refractivity contribution in [3.63, 3.8) is 0 Å². The molecule has 0 atom stereocenters. The highest BCUT2D eigenvalue weighted by atomic mass is 16.5. The van der Waals surface area contributed by atoms with Crippen molar-refractivity contribution in [2.24, 2.45) is 0 Å². The lowest BCUT2D eigenvalue weighted by molar-refractivity contribution is 0.102. The molecule has 1 N–H and O–H groups in total. The summed E-state index contributed by atoms with van der Waals surface area (Å²) in [6, 6.07) is 15.2. The van der Waals surface area contributed by atoms with E-state index < -0.39 is 0 Å². The summed E-state index contributed by atoms with van der Waals surface area (Å²) in [4.78, 5) is 17.2. The van der Waals surface area contributed by atoms with Crippen LogP contribution in [0.15, 0.2) is 54.7 Å². The SMILES string of the molecule is COc1ccc(C(C)C)c(C(=O)Nc2cccc3cccnc23)c1. The number of carbonyl (C=O) groups excluding carboxylic acids is 1. The van der Waals surface area contributed by atoms with Crippen molar-refractivity contribution in [2.45, 2.75) is 19.8 Å². The first kappa shape index (κ1) is 16.0. The van der Waals surface area contributed by atoms with Crippen molar-refractivity contribution in [2.75, 3.05) is 12.4 Å². The van der Waals surface area contributed by atoms with Crippen LogP contribution in [0.2, 0.25) is 0 Å². The molecule has 122 valence electrons. The number of ether oxygens (including phenoxy) is 1. The minimum atomic E-state index is -0.157. The monoisotopic (exact) mass is 320 g/mol. The van der Waals surface area contributed by atoms with E-state index >= 15 is 0 Å². The Labute approximate surface area is 141 Å². The molecule has 1 amide bonds. The highest BCUT2D eigenvalue weighted by Gasteiger charge is 2.16. The third-order valence-corrected chi connectivity index (χ3v) is 4.01. The largest absolute Gasteiger partial charge is 0.497 e. The van der Waals surface area contributed by atoms with E-state index in [-0.39, 0.29) is 11.8 Å². The normalized spacial score (nSPS) is 10.8. The minimum absolute atomic E-state index is 0.157. The molecular weight excluding hydrogens is 300 g/mol. The van der Waals surface area contributed by atoms with Gasteiger partial charge in [-0.25, -0.2) is 0 Å². The molecule has 4 heteroatoms. The number of nitrogens with one attached hydrogen (secondary N) is 1. The molecule has 0 bridgehead atoms. The van der Waals surface area contributed by atoms with Crippen LogP contribution in [0.5, 0.6) is 5.75 Å². The van der Waals surface area contributed by atoms with Gasteiger partial charge in [0.2, 0.25) is 0 Å². The average Bonchev–Trinajstić information content (AvgIpc) is 2.61. The van der Waals surface area contributed by atoms with Crippen LogP contribution in [0.4, 0.5) is 5.69 Å². The third-order valence-electron chi connectivity index (χ3n) is 4.01. The minimum Gasteiger partial charge on any atom is -0.497 e. The van der Waals surface area contributed by atoms with Gasteiger partial charge in [0.05, 0.1) is 18.3 Å². The lowest BCUT2D eigenvalue weighted by atomic mass is 9.96. The van der Waals surface area contributed by atoms with Crippen molar-refractivity contribution in [1.29, 1.82) is 0 Å². The highest BCUT2D eigenvalue weighted by Crippen LogP contribution is 2.26. The van der Waals surface area contributed by atoms with Gasteiger partial charge in [0, 0.05) is 17.1 Å². The molecule has 0 aliphatic heterocycles. The number of aromatic nitrogens is 1. The van der Waals surface area contributed by atoms with Gasteiger partial charge in [-0.05, 0) is 35.7 Å². The van der Waals surface area contributed by atoms with E-state index in [0.717, 1.165) is 16.5 Å². The van der Waals surface area contributed by atoms with E-state index in [4.69, 9.17) is 4.74 Å². The van der Waals surface area contributed by atoms with Gasteiger partial charge < -0.3 is 10.1 Å². The Morgan fingerprint density at radius 1 is 1.12 bits per heavy atom. The van der Waals surface area contributed by atoms with Crippen LogP contribution in [-0.4, -0.2) is 18.0 Å². The van der Waals surface area contributed by atoms with Crippen molar-refractivity contribution >= 4 is 22.5 Å². The number of benzene rings is 2. The fourth-order valence-electron chi connectivity index (χ4n) is 2.76. The Bertz CT molecular complexity index is 882. The van der Waals surface area contributed by atoms with Crippen LogP contribution in [0, 0.1) is 0 Å². The lowest BCUT2D eigenvalue weighted by Crippen LogP contribution is -2.15.